The molecule has 1 unspecified atom stereocenters. The molecule has 0 aliphatic carbocycles. The van der Waals surface area contributed by atoms with E-state index < -0.39 is 0 Å². The summed E-state index contributed by atoms with van der Waals surface area (Å²) in [5.74, 6) is -0.214. The number of anilines is 1. The molecular weight excluding hydrogens is 354 g/mol. The number of pyridine rings is 1. The molecule has 2 heterocycles. The van der Waals surface area contributed by atoms with Crippen LogP contribution in [0.4, 0.5) is 5.69 Å². The summed E-state index contributed by atoms with van der Waals surface area (Å²) in [6.45, 7) is 2.74. The first-order chi connectivity index (χ1) is 13.5. The van der Waals surface area contributed by atoms with E-state index >= 15 is 0 Å². The topological polar surface area (TPSA) is 105 Å². The van der Waals surface area contributed by atoms with E-state index in [1.165, 1.54) is 0 Å². The molecule has 1 aliphatic heterocycles. The predicted molar refractivity (Wildman–Crippen MR) is 107 cm³/mol. The van der Waals surface area contributed by atoms with Crippen molar-refractivity contribution in [3.05, 3.63) is 71.2 Å². The van der Waals surface area contributed by atoms with Crippen molar-refractivity contribution in [1.29, 1.82) is 0 Å². The zero-order chi connectivity index (χ0) is 20.1. The van der Waals surface area contributed by atoms with Crippen LogP contribution in [0, 0.1) is 0 Å². The highest BCUT2D eigenvalue weighted by Gasteiger charge is 2.38. The zero-order valence-corrected chi connectivity index (χ0v) is 16.2. The second-order valence-electron chi connectivity index (χ2n) is 6.77. The van der Waals surface area contributed by atoms with Gasteiger partial charge >= 0.3 is 0 Å². The van der Waals surface area contributed by atoms with E-state index in [9.17, 15) is 9.59 Å². The van der Waals surface area contributed by atoms with Crippen molar-refractivity contribution in [2.24, 2.45) is 5.73 Å². The fourth-order valence-corrected chi connectivity index (χ4v) is 3.57. The number of nitrogens with two attached hydrogens (primary N) is 2. The first kappa shape index (κ1) is 19.6. The molecule has 146 valence electrons. The van der Waals surface area contributed by atoms with E-state index in [-0.39, 0.29) is 17.9 Å². The average Bonchev–Trinajstić information content (AvgIpc) is 2.71. The molecule has 2 aromatic rings. The molecule has 0 spiro atoms. The molecule has 0 fully saturated rings. The van der Waals surface area contributed by atoms with Crippen LogP contribution in [-0.2, 0) is 4.79 Å². The van der Waals surface area contributed by atoms with Gasteiger partial charge in [0.15, 0.2) is 0 Å². The summed E-state index contributed by atoms with van der Waals surface area (Å²) in [6, 6.07) is 11.1. The Balaban J connectivity index is 1.71. The van der Waals surface area contributed by atoms with Crippen molar-refractivity contribution in [2.45, 2.75) is 19.4 Å². The summed E-state index contributed by atoms with van der Waals surface area (Å²) in [7, 11) is 1.95. The second-order valence-corrected chi connectivity index (χ2v) is 6.77. The maximum Gasteiger partial charge on any atom is 0.262 e. The minimum absolute atomic E-state index is 0.0674. The van der Waals surface area contributed by atoms with Gasteiger partial charge in [-0.15, -0.1) is 0 Å². The number of carbonyl (C=O) groups is 2. The molecular formula is C21H26N5O2+. The Morgan fingerprint density at radius 1 is 1.25 bits per heavy atom. The van der Waals surface area contributed by atoms with Crippen LogP contribution < -0.4 is 21.3 Å². The Hall–Kier alpha value is -3.19. The number of fused-ring (bicyclic) bond motifs is 1. The third-order valence-corrected chi connectivity index (χ3v) is 4.89. The van der Waals surface area contributed by atoms with Crippen molar-refractivity contribution < 1.29 is 14.9 Å². The smallest absolute Gasteiger partial charge is 0.262 e. The molecule has 7 nitrogen and oxygen atoms in total. The van der Waals surface area contributed by atoms with E-state index in [0.29, 0.717) is 36.3 Å². The molecule has 5 N–H and O–H groups in total. The monoisotopic (exact) mass is 380 g/mol. The van der Waals surface area contributed by atoms with Gasteiger partial charge < -0.3 is 21.3 Å². The molecule has 28 heavy (non-hydrogen) atoms. The second kappa shape index (κ2) is 8.67. The Kier molecular flexibility index (Phi) is 6.06. The zero-order valence-electron chi connectivity index (χ0n) is 16.2. The van der Waals surface area contributed by atoms with Gasteiger partial charge in [-0.25, -0.2) is 0 Å². The highest BCUT2D eigenvalue weighted by Crippen LogP contribution is 2.36. The summed E-state index contributed by atoms with van der Waals surface area (Å²) in [6.07, 6.45) is 3.80. The van der Waals surface area contributed by atoms with Crippen LogP contribution in [-0.4, -0.2) is 36.9 Å². The van der Waals surface area contributed by atoms with Crippen molar-refractivity contribution in [3.63, 3.8) is 0 Å². The van der Waals surface area contributed by atoms with E-state index in [1.807, 2.05) is 36.6 Å². The first-order valence-corrected chi connectivity index (χ1v) is 9.39. The highest BCUT2D eigenvalue weighted by molar-refractivity contribution is 6.09. The Morgan fingerprint density at radius 2 is 1.96 bits per heavy atom. The summed E-state index contributed by atoms with van der Waals surface area (Å²) in [5.41, 5.74) is 9.77. The van der Waals surface area contributed by atoms with E-state index in [0.717, 1.165) is 11.3 Å². The van der Waals surface area contributed by atoms with Gasteiger partial charge in [0.25, 0.3) is 11.8 Å². The Bertz CT molecular complexity index is 891. The molecule has 0 saturated heterocycles. The Labute approximate surface area is 164 Å². The quantitative estimate of drug-likeness (QED) is 0.507. The molecule has 0 bridgehead atoms. The lowest BCUT2D eigenvalue weighted by molar-refractivity contribution is -0.660. The number of hydrogen-bond acceptors (Lipinski definition) is 4. The standard InChI is InChI=1S/C21H25N5O2/c1-14(22)18-19(23-2)16-6-3-4-7-17(16)26(21(18)28)13-5-10-25-20(27)15-8-11-24-12-9-15/h3-4,6-9,11-12,19,23H,5,10,13,22H2,1-2H3,(H,25,27)/p+1/b18-14+. The number of quaternary nitrogens is 1. The maximum absolute atomic E-state index is 13.1. The minimum Gasteiger partial charge on any atom is -0.402 e. The van der Waals surface area contributed by atoms with Crippen molar-refractivity contribution in [3.8, 4) is 0 Å². The largest absolute Gasteiger partial charge is 0.402 e. The van der Waals surface area contributed by atoms with Crippen LogP contribution in [0.25, 0.3) is 0 Å². The number of benzene rings is 1. The van der Waals surface area contributed by atoms with Gasteiger partial charge in [0.1, 0.15) is 6.04 Å². The molecule has 0 saturated carbocycles. The third-order valence-electron chi connectivity index (χ3n) is 4.89. The normalized spacial score (nSPS) is 17.9. The highest BCUT2D eigenvalue weighted by atomic mass is 16.2. The van der Waals surface area contributed by atoms with Crippen LogP contribution >= 0.6 is 0 Å². The summed E-state index contributed by atoms with van der Waals surface area (Å²) < 4.78 is 0. The van der Waals surface area contributed by atoms with Crippen molar-refractivity contribution in [2.75, 3.05) is 25.0 Å². The van der Waals surface area contributed by atoms with Gasteiger partial charge in [-0.3, -0.25) is 14.6 Å². The number of likely N-dealkylation sites (N-methyl/N-ethyl adjacent to an activating group) is 1. The van der Waals surface area contributed by atoms with Crippen LogP contribution in [0.5, 0.6) is 0 Å². The number of aromatic nitrogens is 1. The van der Waals surface area contributed by atoms with Gasteiger partial charge in [-0.1, -0.05) is 18.2 Å². The number of allylic oxidation sites excluding steroid dienone is 1. The molecule has 1 atom stereocenters. The molecule has 1 aromatic heterocycles. The number of nitrogens with zero attached hydrogens (tertiary/aromatic N) is 2. The Morgan fingerprint density at radius 3 is 2.64 bits per heavy atom. The van der Waals surface area contributed by atoms with E-state index in [1.54, 1.807) is 36.4 Å². The molecule has 7 heteroatoms. The van der Waals surface area contributed by atoms with Crippen molar-refractivity contribution >= 4 is 17.5 Å². The van der Waals surface area contributed by atoms with E-state index in [2.05, 4.69) is 10.3 Å². The predicted octanol–water partition coefficient (Wildman–Crippen LogP) is 0.715. The van der Waals surface area contributed by atoms with Crippen LogP contribution in [0.2, 0.25) is 0 Å². The average molecular weight is 380 g/mol. The van der Waals surface area contributed by atoms with Gasteiger partial charge in [-0.05, 0) is 31.5 Å². The number of hydrogen-bond donors (Lipinski definition) is 3. The van der Waals surface area contributed by atoms with Gasteiger partial charge in [0.2, 0.25) is 0 Å². The van der Waals surface area contributed by atoms with Crippen LogP contribution in [0.1, 0.15) is 35.3 Å². The number of rotatable bonds is 6. The lowest BCUT2D eigenvalue weighted by Gasteiger charge is -2.34. The lowest BCUT2D eigenvalue weighted by atomic mass is 9.90. The molecule has 1 aliphatic rings. The summed E-state index contributed by atoms with van der Waals surface area (Å²) in [5, 5.41) is 4.89. The number of nitrogens with one attached hydrogen (secondary N) is 1. The molecule has 3 rings (SSSR count). The molecule has 0 radical (unpaired) electrons. The maximum atomic E-state index is 13.1. The third kappa shape index (κ3) is 3.89. The SMILES string of the molecule is C[NH2+]C1/C(=C(/C)N)C(=O)N(CCCNC(=O)c2ccncc2)c2ccccc21. The fourth-order valence-electron chi connectivity index (χ4n) is 3.57. The van der Waals surface area contributed by atoms with Gasteiger partial charge in [0.05, 0.1) is 18.3 Å². The van der Waals surface area contributed by atoms with Crippen LogP contribution in [0.3, 0.4) is 0 Å². The van der Waals surface area contributed by atoms with Gasteiger partial charge in [-0.2, -0.15) is 0 Å². The number of para-hydroxylation sites is 1. The molecule has 2 amide bonds. The van der Waals surface area contributed by atoms with E-state index in [4.69, 9.17) is 5.73 Å². The summed E-state index contributed by atoms with van der Waals surface area (Å²) in [4.78, 5) is 30.9. The first-order valence-electron chi connectivity index (χ1n) is 9.39. The lowest BCUT2D eigenvalue weighted by Crippen LogP contribution is -2.82. The number of carbonyl (C=O) groups excluding carboxylic acids is 2. The molecule has 1 aromatic carbocycles. The minimum atomic E-state index is -0.146. The number of amides is 2. The summed E-state index contributed by atoms with van der Waals surface area (Å²) >= 11 is 0. The van der Waals surface area contributed by atoms with Gasteiger partial charge in [0, 0.05) is 42.3 Å². The van der Waals surface area contributed by atoms with Crippen LogP contribution in [0.15, 0.2) is 60.1 Å². The fraction of sp³-hybridized carbons (Fsp3) is 0.286. The van der Waals surface area contributed by atoms with Crippen molar-refractivity contribution in [1.82, 2.24) is 10.3 Å².